The van der Waals surface area contributed by atoms with Crippen molar-refractivity contribution in [2.45, 2.75) is 25.9 Å². The first-order valence-electron chi connectivity index (χ1n) is 4.52. The van der Waals surface area contributed by atoms with E-state index in [1.165, 1.54) is 12.1 Å². The van der Waals surface area contributed by atoms with E-state index in [0.717, 1.165) is 16.6 Å². The maximum Gasteiger partial charge on any atom is 0.168 e. The van der Waals surface area contributed by atoms with Crippen LogP contribution in [0.25, 0.3) is 0 Å². The molecular weight excluding hydrogens is 221 g/mol. The van der Waals surface area contributed by atoms with Gasteiger partial charge in [-0.1, -0.05) is 37.0 Å². The maximum absolute atomic E-state index is 5.97. The summed E-state index contributed by atoms with van der Waals surface area (Å²) < 4.78 is 2.31. The van der Waals surface area contributed by atoms with Crippen molar-refractivity contribution >= 4 is 32.2 Å². The van der Waals surface area contributed by atoms with E-state index in [4.69, 9.17) is 23.2 Å². The predicted molar refractivity (Wildman–Crippen MR) is 61.3 cm³/mol. The minimum Gasteiger partial charge on any atom is -0.397 e. The maximum atomic E-state index is 5.97. The summed E-state index contributed by atoms with van der Waals surface area (Å²) >= 11 is 11.9. The Morgan fingerprint density at radius 3 is 2.46 bits per heavy atom. The second kappa shape index (κ2) is 5.08. The molecule has 0 aromatic rings. The van der Waals surface area contributed by atoms with Gasteiger partial charge in [0.2, 0.25) is 0 Å². The highest BCUT2D eigenvalue weighted by Crippen LogP contribution is 2.21. The van der Waals surface area contributed by atoms with E-state index >= 15 is 0 Å². The van der Waals surface area contributed by atoms with Crippen LogP contribution in [0.5, 0.6) is 0 Å². The van der Waals surface area contributed by atoms with Crippen molar-refractivity contribution in [1.29, 1.82) is 0 Å². The number of allylic oxidation sites excluding steroid dienone is 2. The molecule has 0 aromatic heterocycles. The molecule has 0 fully saturated rings. The third kappa shape index (κ3) is 3.04. The number of rotatable bonds is 3. The third-order valence-electron chi connectivity index (χ3n) is 2.12. The molecule has 0 N–H and O–H groups in total. The molecule has 1 rings (SSSR count). The molecule has 4 heteroatoms. The zero-order valence-electron chi connectivity index (χ0n) is 7.98. The molecule has 0 bridgehead atoms. The molecule has 1 radical (unpaired) electrons. The fraction of sp³-hybridized carbons (Fsp3) is 0.556. The molecule has 0 amide bonds. The third-order valence-corrected chi connectivity index (χ3v) is 5.28. The van der Waals surface area contributed by atoms with Gasteiger partial charge >= 0.3 is 0 Å². The summed E-state index contributed by atoms with van der Waals surface area (Å²) in [6, 6.07) is 2.46. The van der Waals surface area contributed by atoms with Crippen molar-refractivity contribution in [3.05, 3.63) is 22.3 Å². The Morgan fingerprint density at radius 2 is 2.00 bits per heavy atom. The lowest BCUT2D eigenvalue weighted by Crippen LogP contribution is -2.36. The fourth-order valence-corrected chi connectivity index (χ4v) is 4.21. The average molecular weight is 235 g/mol. The van der Waals surface area contributed by atoms with E-state index < -0.39 is 8.96 Å². The van der Waals surface area contributed by atoms with Crippen LogP contribution in [0.15, 0.2) is 22.3 Å². The molecule has 1 aliphatic heterocycles. The van der Waals surface area contributed by atoms with E-state index in [-0.39, 0.29) is 0 Å². The predicted octanol–water partition coefficient (Wildman–Crippen LogP) is 3.54. The first-order chi connectivity index (χ1) is 6.17. The number of hydrogen-bond donors (Lipinski definition) is 0. The standard InChI is InChI=1S/C9H14Cl2NSi/c1-3-13(4-2)12-6-8(10)5-9(11)7-12/h5-6H,3-4,7H2,1-2H3. The second-order valence-corrected chi connectivity index (χ2v) is 7.05. The van der Waals surface area contributed by atoms with E-state index in [2.05, 4.69) is 18.4 Å². The topological polar surface area (TPSA) is 3.24 Å². The van der Waals surface area contributed by atoms with Gasteiger partial charge < -0.3 is 4.57 Å². The highest BCUT2D eigenvalue weighted by molar-refractivity contribution is 6.56. The smallest absolute Gasteiger partial charge is 0.168 e. The summed E-state index contributed by atoms with van der Waals surface area (Å²) in [7, 11) is -0.442. The molecule has 0 aliphatic carbocycles. The Bertz CT molecular complexity index is 234. The molecule has 13 heavy (non-hydrogen) atoms. The van der Waals surface area contributed by atoms with Gasteiger partial charge in [-0.15, -0.1) is 0 Å². The molecule has 1 heterocycles. The molecule has 0 spiro atoms. The van der Waals surface area contributed by atoms with Crippen molar-refractivity contribution in [3.63, 3.8) is 0 Å². The molecule has 1 nitrogen and oxygen atoms in total. The molecule has 0 saturated heterocycles. The Balaban J connectivity index is 2.68. The van der Waals surface area contributed by atoms with Crippen molar-refractivity contribution in [1.82, 2.24) is 4.57 Å². The van der Waals surface area contributed by atoms with Gasteiger partial charge in [-0.05, 0) is 18.2 Å². The van der Waals surface area contributed by atoms with Gasteiger partial charge in [-0.2, -0.15) is 0 Å². The Kier molecular flexibility index (Phi) is 4.36. The van der Waals surface area contributed by atoms with Crippen molar-refractivity contribution in [2.24, 2.45) is 0 Å². The lowest BCUT2D eigenvalue weighted by Gasteiger charge is -2.29. The van der Waals surface area contributed by atoms with Crippen molar-refractivity contribution < 1.29 is 0 Å². The van der Waals surface area contributed by atoms with Gasteiger partial charge in [0.15, 0.2) is 8.96 Å². The van der Waals surface area contributed by atoms with Crippen LogP contribution in [0.3, 0.4) is 0 Å². The van der Waals surface area contributed by atoms with Crippen LogP contribution >= 0.6 is 23.2 Å². The summed E-state index contributed by atoms with van der Waals surface area (Å²) in [6.45, 7) is 5.30. The second-order valence-electron chi connectivity index (χ2n) is 3.01. The van der Waals surface area contributed by atoms with Gasteiger partial charge in [0.1, 0.15) is 0 Å². The van der Waals surface area contributed by atoms with Crippen molar-refractivity contribution in [2.75, 3.05) is 6.54 Å². The van der Waals surface area contributed by atoms with E-state index in [1.807, 2.05) is 12.3 Å². The lowest BCUT2D eigenvalue weighted by molar-refractivity contribution is 0.618. The van der Waals surface area contributed by atoms with E-state index in [1.54, 1.807) is 0 Å². The first-order valence-corrected chi connectivity index (χ1v) is 7.13. The summed E-state index contributed by atoms with van der Waals surface area (Å²) in [5.74, 6) is 0. The Labute approximate surface area is 91.7 Å². The van der Waals surface area contributed by atoms with E-state index in [9.17, 15) is 0 Å². The van der Waals surface area contributed by atoms with Gasteiger partial charge in [0.05, 0.1) is 5.03 Å². The van der Waals surface area contributed by atoms with Crippen LogP contribution < -0.4 is 0 Å². The normalized spacial score (nSPS) is 17.5. The molecular formula is C9H14Cl2NSi. The molecule has 73 valence electrons. The zero-order chi connectivity index (χ0) is 9.84. The van der Waals surface area contributed by atoms with Crippen LogP contribution in [-0.4, -0.2) is 20.1 Å². The van der Waals surface area contributed by atoms with Gasteiger partial charge in [-0.3, -0.25) is 0 Å². The fourth-order valence-electron chi connectivity index (χ4n) is 1.45. The number of hydrogen-bond acceptors (Lipinski definition) is 1. The summed E-state index contributed by atoms with van der Waals surface area (Å²) in [5.41, 5.74) is 0. The molecule has 0 atom stereocenters. The summed E-state index contributed by atoms with van der Waals surface area (Å²) in [5, 5.41) is 1.59. The number of halogens is 2. The molecule has 0 unspecified atom stereocenters. The van der Waals surface area contributed by atoms with Crippen LogP contribution in [0.1, 0.15) is 13.8 Å². The van der Waals surface area contributed by atoms with Crippen molar-refractivity contribution in [3.8, 4) is 0 Å². The minimum absolute atomic E-state index is 0.442. The van der Waals surface area contributed by atoms with Crippen LogP contribution in [0.2, 0.25) is 12.1 Å². The zero-order valence-corrected chi connectivity index (χ0v) is 10.5. The van der Waals surface area contributed by atoms with Gasteiger partial charge in [-0.25, -0.2) is 0 Å². The monoisotopic (exact) mass is 234 g/mol. The van der Waals surface area contributed by atoms with Crippen LogP contribution in [-0.2, 0) is 0 Å². The highest BCUT2D eigenvalue weighted by atomic mass is 35.5. The largest absolute Gasteiger partial charge is 0.397 e. The SMILES string of the molecule is CC[Si](CC)N1C=C(Cl)C=C(Cl)C1. The molecule has 0 saturated carbocycles. The van der Waals surface area contributed by atoms with Crippen LogP contribution in [0.4, 0.5) is 0 Å². The molecule has 0 aromatic carbocycles. The van der Waals surface area contributed by atoms with Gasteiger partial charge in [0.25, 0.3) is 0 Å². The first kappa shape index (κ1) is 11.2. The average Bonchev–Trinajstić information content (AvgIpc) is 2.04. The Morgan fingerprint density at radius 1 is 1.38 bits per heavy atom. The summed E-state index contributed by atoms with van der Waals surface area (Å²) in [6.07, 6.45) is 3.85. The lowest BCUT2D eigenvalue weighted by atomic mass is 10.4. The van der Waals surface area contributed by atoms with Crippen LogP contribution in [0, 0.1) is 0 Å². The minimum atomic E-state index is -0.442. The van der Waals surface area contributed by atoms with Gasteiger partial charge in [0, 0.05) is 17.8 Å². The summed E-state index contributed by atoms with van der Waals surface area (Å²) in [4.78, 5) is 0. The Hall–Kier alpha value is 0.0769. The molecule has 1 aliphatic rings. The highest BCUT2D eigenvalue weighted by Gasteiger charge is 2.18. The van der Waals surface area contributed by atoms with E-state index in [0.29, 0.717) is 0 Å². The number of nitrogens with zero attached hydrogens (tertiary/aromatic N) is 1. The quantitative estimate of drug-likeness (QED) is 0.676.